The molecule has 5 heteroatoms. The summed E-state index contributed by atoms with van der Waals surface area (Å²) in [5, 5.41) is 11.6. The summed E-state index contributed by atoms with van der Waals surface area (Å²) in [5.74, 6) is -1.30. The number of nitrogens with one attached hydrogen (secondary N) is 1. The first kappa shape index (κ1) is 14.3. The van der Waals surface area contributed by atoms with E-state index in [2.05, 4.69) is 21.2 Å². The minimum Gasteiger partial charge on any atom is -0.478 e. The van der Waals surface area contributed by atoms with Crippen molar-refractivity contribution in [2.75, 3.05) is 5.32 Å². The van der Waals surface area contributed by atoms with Gasteiger partial charge in [-0.3, -0.25) is 4.79 Å². The molecule has 0 saturated heterocycles. The van der Waals surface area contributed by atoms with Crippen LogP contribution in [0.25, 0.3) is 0 Å². The smallest absolute Gasteiger partial charge is 0.335 e. The van der Waals surface area contributed by atoms with Crippen LogP contribution in [0.1, 0.15) is 26.3 Å². The molecule has 102 valence electrons. The van der Waals surface area contributed by atoms with Gasteiger partial charge in [-0.05, 0) is 42.8 Å². The molecule has 0 atom stereocenters. The first-order chi connectivity index (χ1) is 9.47. The van der Waals surface area contributed by atoms with Gasteiger partial charge in [-0.15, -0.1) is 0 Å². The Balaban J connectivity index is 2.25. The van der Waals surface area contributed by atoms with Crippen molar-refractivity contribution in [3.63, 3.8) is 0 Å². The average Bonchev–Trinajstić information content (AvgIpc) is 2.41. The summed E-state index contributed by atoms with van der Waals surface area (Å²) in [5.41, 5.74) is 1.98. The molecule has 0 fully saturated rings. The number of aromatic carboxylic acids is 1. The topological polar surface area (TPSA) is 66.4 Å². The quantitative estimate of drug-likeness (QED) is 0.899. The van der Waals surface area contributed by atoms with Crippen molar-refractivity contribution in [1.82, 2.24) is 0 Å². The van der Waals surface area contributed by atoms with Gasteiger partial charge in [0.1, 0.15) is 0 Å². The molecule has 1 amide bonds. The van der Waals surface area contributed by atoms with Crippen LogP contribution in [0.15, 0.2) is 46.9 Å². The van der Waals surface area contributed by atoms with Crippen molar-refractivity contribution in [3.05, 3.63) is 63.6 Å². The Morgan fingerprint density at radius 1 is 1.15 bits per heavy atom. The van der Waals surface area contributed by atoms with Gasteiger partial charge in [0.25, 0.3) is 5.91 Å². The molecule has 2 rings (SSSR count). The van der Waals surface area contributed by atoms with Gasteiger partial charge in [0.2, 0.25) is 0 Å². The summed E-state index contributed by atoms with van der Waals surface area (Å²) in [6.45, 7) is 1.84. The normalized spacial score (nSPS) is 10.1. The summed E-state index contributed by atoms with van der Waals surface area (Å²) in [6.07, 6.45) is 0. The van der Waals surface area contributed by atoms with Crippen molar-refractivity contribution in [3.8, 4) is 0 Å². The fourth-order valence-corrected chi connectivity index (χ4v) is 2.13. The van der Waals surface area contributed by atoms with Crippen LogP contribution in [0.5, 0.6) is 0 Å². The van der Waals surface area contributed by atoms with E-state index in [1.54, 1.807) is 18.2 Å². The number of halogens is 1. The molecule has 2 N–H and O–H groups in total. The van der Waals surface area contributed by atoms with E-state index in [9.17, 15) is 9.59 Å². The number of hydrogen-bond donors (Lipinski definition) is 2. The number of carbonyl (C=O) groups excluding carboxylic acids is 1. The number of amides is 1. The van der Waals surface area contributed by atoms with Gasteiger partial charge in [-0.25, -0.2) is 4.79 Å². The van der Waals surface area contributed by atoms with Gasteiger partial charge in [-0.2, -0.15) is 0 Å². The lowest BCUT2D eigenvalue weighted by atomic mass is 10.1. The van der Waals surface area contributed by atoms with Crippen molar-refractivity contribution in [2.24, 2.45) is 0 Å². The molecule has 0 radical (unpaired) electrons. The van der Waals surface area contributed by atoms with Crippen molar-refractivity contribution in [1.29, 1.82) is 0 Å². The van der Waals surface area contributed by atoms with E-state index in [0.717, 1.165) is 10.0 Å². The average molecular weight is 334 g/mol. The number of aryl methyl sites for hydroxylation is 1. The van der Waals surface area contributed by atoms with Crippen LogP contribution in [0, 0.1) is 6.92 Å². The maximum Gasteiger partial charge on any atom is 0.335 e. The lowest BCUT2D eigenvalue weighted by Crippen LogP contribution is -2.13. The molecule has 0 unspecified atom stereocenters. The van der Waals surface area contributed by atoms with E-state index >= 15 is 0 Å². The van der Waals surface area contributed by atoms with Gasteiger partial charge >= 0.3 is 5.97 Å². The Morgan fingerprint density at radius 3 is 2.60 bits per heavy atom. The molecule has 0 aliphatic rings. The molecule has 20 heavy (non-hydrogen) atoms. The molecule has 2 aromatic carbocycles. The Morgan fingerprint density at radius 2 is 1.90 bits per heavy atom. The fraction of sp³-hybridized carbons (Fsp3) is 0.0667. The molecule has 4 nitrogen and oxygen atoms in total. The van der Waals surface area contributed by atoms with Crippen LogP contribution in [-0.4, -0.2) is 17.0 Å². The minimum atomic E-state index is -1.03. The van der Waals surface area contributed by atoms with Gasteiger partial charge in [-0.1, -0.05) is 28.1 Å². The second-order valence-electron chi connectivity index (χ2n) is 4.30. The predicted octanol–water partition coefficient (Wildman–Crippen LogP) is 3.71. The molecule has 0 spiro atoms. The van der Waals surface area contributed by atoms with Crippen LogP contribution in [0.4, 0.5) is 5.69 Å². The zero-order valence-electron chi connectivity index (χ0n) is 10.7. The number of carbonyl (C=O) groups is 2. The summed E-state index contributed by atoms with van der Waals surface area (Å²) in [4.78, 5) is 23.1. The SMILES string of the molecule is Cc1ccc(Br)cc1C(=O)Nc1cccc(C(=O)O)c1. The highest BCUT2D eigenvalue weighted by atomic mass is 79.9. The van der Waals surface area contributed by atoms with E-state index in [1.165, 1.54) is 12.1 Å². The van der Waals surface area contributed by atoms with Crippen LogP contribution < -0.4 is 5.32 Å². The summed E-state index contributed by atoms with van der Waals surface area (Å²) < 4.78 is 0.813. The maximum absolute atomic E-state index is 12.2. The third-order valence-electron chi connectivity index (χ3n) is 2.81. The van der Waals surface area contributed by atoms with Crippen LogP contribution in [0.3, 0.4) is 0 Å². The van der Waals surface area contributed by atoms with Gasteiger partial charge < -0.3 is 10.4 Å². The molecule has 0 bridgehead atoms. The highest BCUT2D eigenvalue weighted by Gasteiger charge is 2.11. The fourth-order valence-electron chi connectivity index (χ4n) is 1.77. The van der Waals surface area contributed by atoms with Crippen molar-refractivity contribution >= 4 is 33.5 Å². The Kier molecular flexibility index (Phi) is 4.20. The third-order valence-corrected chi connectivity index (χ3v) is 3.30. The molecular weight excluding hydrogens is 322 g/mol. The zero-order valence-corrected chi connectivity index (χ0v) is 12.3. The number of carboxylic acid groups (broad SMARTS) is 1. The van der Waals surface area contributed by atoms with Gasteiger partial charge in [0.05, 0.1) is 5.56 Å². The largest absolute Gasteiger partial charge is 0.478 e. The Hall–Kier alpha value is -2.14. The highest BCUT2D eigenvalue weighted by Crippen LogP contribution is 2.18. The van der Waals surface area contributed by atoms with Gasteiger partial charge in [0.15, 0.2) is 0 Å². The second kappa shape index (κ2) is 5.88. The molecule has 0 saturated carbocycles. The highest BCUT2D eigenvalue weighted by molar-refractivity contribution is 9.10. The van der Waals surface area contributed by atoms with E-state index in [1.807, 2.05) is 19.1 Å². The number of carboxylic acids is 1. The number of benzene rings is 2. The van der Waals surface area contributed by atoms with E-state index in [4.69, 9.17) is 5.11 Å². The molecule has 0 heterocycles. The molecule has 0 aromatic heterocycles. The van der Waals surface area contributed by atoms with Crippen molar-refractivity contribution in [2.45, 2.75) is 6.92 Å². The zero-order chi connectivity index (χ0) is 14.7. The first-order valence-corrected chi connectivity index (χ1v) is 6.67. The Bertz CT molecular complexity index is 683. The summed E-state index contributed by atoms with van der Waals surface area (Å²) in [7, 11) is 0. The molecular formula is C15H12BrNO3. The monoisotopic (exact) mass is 333 g/mol. The number of rotatable bonds is 3. The third kappa shape index (κ3) is 3.24. The van der Waals surface area contributed by atoms with Crippen LogP contribution in [-0.2, 0) is 0 Å². The predicted molar refractivity (Wildman–Crippen MR) is 80.2 cm³/mol. The lowest BCUT2D eigenvalue weighted by Gasteiger charge is -2.08. The molecule has 0 aliphatic carbocycles. The lowest BCUT2D eigenvalue weighted by molar-refractivity contribution is 0.0696. The first-order valence-electron chi connectivity index (χ1n) is 5.88. The summed E-state index contributed by atoms with van der Waals surface area (Å²) in [6, 6.07) is 11.6. The van der Waals surface area contributed by atoms with E-state index in [0.29, 0.717) is 11.3 Å². The standard InChI is InChI=1S/C15H12BrNO3/c1-9-5-6-11(16)8-13(9)14(18)17-12-4-2-3-10(7-12)15(19)20/h2-8H,1H3,(H,17,18)(H,19,20). The molecule has 2 aromatic rings. The Labute approximate surface area is 124 Å². The van der Waals surface area contributed by atoms with Crippen LogP contribution >= 0.6 is 15.9 Å². The van der Waals surface area contributed by atoms with Crippen LogP contribution in [0.2, 0.25) is 0 Å². The summed E-state index contributed by atoms with van der Waals surface area (Å²) >= 11 is 3.32. The van der Waals surface area contributed by atoms with E-state index < -0.39 is 5.97 Å². The number of anilines is 1. The maximum atomic E-state index is 12.2. The van der Waals surface area contributed by atoms with Gasteiger partial charge in [0, 0.05) is 15.7 Å². The van der Waals surface area contributed by atoms with Crippen molar-refractivity contribution < 1.29 is 14.7 Å². The second-order valence-corrected chi connectivity index (χ2v) is 5.22. The molecule has 0 aliphatic heterocycles. The van der Waals surface area contributed by atoms with E-state index in [-0.39, 0.29) is 11.5 Å². The minimum absolute atomic E-state index is 0.133. The number of hydrogen-bond acceptors (Lipinski definition) is 2.